The highest BCUT2D eigenvalue weighted by molar-refractivity contribution is 5.62. The molecule has 0 unspecified atom stereocenters. The second-order valence-corrected chi connectivity index (χ2v) is 5.94. The molecule has 0 aliphatic carbocycles. The molecular formula is C16H16F3N5O. The summed E-state index contributed by atoms with van der Waals surface area (Å²) in [6.45, 7) is 0.940. The molecule has 0 N–H and O–H groups in total. The highest BCUT2D eigenvalue weighted by Crippen LogP contribution is 2.36. The van der Waals surface area contributed by atoms with Crippen LogP contribution in [0.15, 0.2) is 24.4 Å². The Bertz CT molecular complexity index is 811. The zero-order chi connectivity index (χ0) is 18.2. The van der Waals surface area contributed by atoms with Crippen LogP contribution in [0.5, 0.6) is 0 Å². The second kappa shape index (κ2) is 6.37. The van der Waals surface area contributed by atoms with E-state index in [1.165, 1.54) is 6.07 Å². The molecule has 0 spiro atoms. The first kappa shape index (κ1) is 17.2. The summed E-state index contributed by atoms with van der Waals surface area (Å²) >= 11 is 0. The van der Waals surface area contributed by atoms with Gasteiger partial charge in [0.1, 0.15) is 6.07 Å². The number of aromatic nitrogens is 3. The van der Waals surface area contributed by atoms with Gasteiger partial charge in [-0.2, -0.15) is 18.4 Å². The molecule has 2 heterocycles. The number of anilines is 1. The van der Waals surface area contributed by atoms with Gasteiger partial charge in [0.2, 0.25) is 0 Å². The summed E-state index contributed by atoms with van der Waals surface area (Å²) < 4.78 is 45.7. The molecule has 1 aliphatic heterocycles. The van der Waals surface area contributed by atoms with E-state index in [9.17, 15) is 18.4 Å². The molecule has 2 atom stereocenters. The van der Waals surface area contributed by atoms with Crippen LogP contribution in [0, 0.1) is 11.3 Å². The minimum absolute atomic E-state index is 0.00975. The first-order valence-corrected chi connectivity index (χ1v) is 7.58. The smallest absolute Gasteiger partial charge is 0.379 e. The van der Waals surface area contributed by atoms with Crippen LogP contribution in [-0.2, 0) is 18.0 Å². The molecule has 0 amide bonds. The number of alkyl halides is 3. The van der Waals surface area contributed by atoms with Crippen LogP contribution in [0.2, 0.25) is 0 Å². The van der Waals surface area contributed by atoms with E-state index in [0.29, 0.717) is 18.8 Å². The van der Waals surface area contributed by atoms with E-state index in [0.717, 1.165) is 17.8 Å². The maximum absolute atomic E-state index is 12.9. The van der Waals surface area contributed by atoms with Crippen molar-refractivity contribution >= 4 is 5.69 Å². The second-order valence-electron chi connectivity index (χ2n) is 5.94. The first-order chi connectivity index (χ1) is 11.8. The van der Waals surface area contributed by atoms with Gasteiger partial charge in [-0.3, -0.25) is 4.68 Å². The topological polar surface area (TPSA) is 67.0 Å². The first-order valence-electron chi connectivity index (χ1n) is 7.58. The van der Waals surface area contributed by atoms with E-state index in [4.69, 9.17) is 4.74 Å². The zero-order valence-electron chi connectivity index (χ0n) is 13.7. The van der Waals surface area contributed by atoms with Gasteiger partial charge < -0.3 is 9.64 Å². The van der Waals surface area contributed by atoms with Crippen molar-refractivity contribution in [1.29, 1.82) is 5.26 Å². The average Bonchev–Trinajstić information content (AvgIpc) is 3.19. The lowest BCUT2D eigenvalue weighted by atomic mass is 10.0. The van der Waals surface area contributed by atoms with E-state index in [-0.39, 0.29) is 17.6 Å². The van der Waals surface area contributed by atoms with Crippen molar-refractivity contribution in [2.24, 2.45) is 7.05 Å². The van der Waals surface area contributed by atoms with E-state index >= 15 is 0 Å². The Morgan fingerprint density at radius 3 is 2.64 bits per heavy atom. The Kier molecular flexibility index (Phi) is 4.39. The molecule has 0 saturated carbocycles. The maximum Gasteiger partial charge on any atom is 0.416 e. The number of nitrogens with zero attached hydrogens (tertiary/aromatic N) is 5. The molecule has 25 heavy (non-hydrogen) atoms. The van der Waals surface area contributed by atoms with Crippen molar-refractivity contribution in [3.05, 3.63) is 41.2 Å². The van der Waals surface area contributed by atoms with Crippen LogP contribution in [0.4, 0.5) is 18.9 Å². The number of aryl methyl sites for hydroxylation is 1. The van der Waals surface area contributed by atoms with Crippen LogP contribution in [0.1, 0.15) is 22.7 Å². The third-order valence-corrected chi connectivity index (χ3v) is 4.35. The van der Waals surface area contributed by atoms with Crippen molar-refractivity contribution in [3.8, 4) is 6.07 Å². The van der Waals surface area contributed by atoms with Gasteiger partial charge in [-0.25, -0.2) is 0 Å². The Morgan fingerprint density at radius 2 is 2.08 bits per heavy atom. The van der Waals surface area contributed by atoms with Crippen molar-refractivity contribution < 1.29 is 17.9 Å². The van der Waals surface area contributed by atoms with Gasteiger partial charge in [-0.05, 0) is 18.2 Å². The number of rotatable bonds is 3. The van der Waals surface area contributed by atoms with E-state index < -0.39 is 11.7 Å². The number of ether oxygens (including phenoxy) is 1. The lowest BCUT2D eigenvalue weighted by Crippen LogP contribution is -2.23. The Labute approximate surface area is 142 Å². The molecule has 1 fully saturated rings. The SMILES string of the molecule is CO[C@@H]1CN(c2ccc(C(F)(F)F)cc2C#N)C[C@H]1c1cn(C)nn1. The summed E-state index contributed by atoms with van der Waals surface area (Å²) in [5.74, 6) is -0.0764. The number of benzene rings is 1. The fourth-order valence-corrected chi connectivity index (χ4v) is 3.11. The van der Waals surface area contributed by atoms with E-state index in [2.05, 4.69) is 10.3 Å². The van der Waals surface area contributed by atoms with Crippen LogP contribution in [-0.4, -0.2) is 41.3 Å². The number of hydrogen-bond donors (Lipinski definition) is 0. The molecule has 6 nitrogen and oxygen atoms in total. The summed E-state index contributed by atoms with van der Waals surface area (Å²) in [6, 6.07) is 5.08. The lowest BCUT2D eigenvalue weighted by molar-refractivity contribution is -0.137. The van der Waals surface area contributed by atoms with Crippen molar-refractivity contribution in [1.82, 2.24) is 15.0 Å². The van der Waals surface area contributed by atoms with Gasteiger partial charge in [0.25, 0.3) is 0 Å². The van der Waals surface area contributed by atoms with Crippen LogP contribution < -0.4 is 4.90 Å². The lowest BCUT2D eigenvalue weighted by Gasteiger charge is -2.20. The molecule has 1 aromatic heterocycles. The minimum Gasteiger partial charge on any atom is -0.379 e. The predicted molar refractivity (Wildman–Crippen MR) is 82.9 cm³/mol. The molecule has 0 radical (unpaired) electrons. The van der Waals surface area contributed by atoms with Gasteiger partial charge in [0.15, 0.2) is 0 Å². The normalized spacial score (nSPS) is 20.7. The maximum atomic E-state index is 12.9. The summed E-state index contributed by atoms with van der Waals surface area (Å²) in [4.78, 5) is 1.85. The third-order valence-electron chi connectivity index (χ3n) is 4.35. The number of hydrogen-bond acceptors (Lipinski definition) is 5. The van der Waals surface area contributed by atoms with Gasteiger partial charge in [-0.1, -0.05) is 5.21 Å². The Balaban J connectivity index is 1.91. The monoisotopic (exact) mass is 351 g/mol. The van der Waals surface area contributed by atoms with Gasteiger partial charge in [0.05, 0.1) is 34.5 Å². The van der Waals surface area contributed by atoms with Crippen LogP contribution in [0.25, 0.3) is 0 Å². The summed E-state index contributed by atoms with van der Waals surface area (Å²) in [6.07, 6.45) is -2.88. The van der Waals surface area contributed by atoms with Gasteiger partial charge in [0, 0.05) is 33.4 Å². The zero-order valence-corrected chi connectivity index (χ0v) is 13.7. The van der Waals surface area contributed by atoms with Crippen molar-refractivity contribution in [2.45, 2.75) is 18.2 Å². The number of halogens is 3. The highest BCUT2D eigenvalue weighted by atomic mass is 19.4. The van der Waals surface area contributed by atoms with Crippen molar-refractivity contribution in [3.63, 3.8) is 0 Å². The molecule has 1 saturated heterocycles. The Hall–Kier alpha value is -2.60. The standard InChI is InChI=1S/C16H16F3N5O/c1-23-8-13(21-22-23)12-7-24(9-15(12)25-2)14-4-3-11(16(17,18)19)5-10(14)6-20/h3-5,8,12,15H,7,9H2,1-2H3/t12-,15+/m0/s1. The molecular weight excluding hydrogens is 335 g/mol. The van der Waals surface area contributed by atoms with Crippen LogP contribution >= 0.6 is 0 Å². The largest absolute Gasteiger partial charge is 0.416 e. The summed E-state index contributed by atoms with van der Waals surface area (Å²) in [7, 11) is 3.34. The fourth-order valence-electron chi connectivity index (χ4n) is 3.11. The van der Waals surface area contributed by atoms with E-state index in [1.54, 1.807) is 25.0 Å². The molecule has 1 aromatic carbocycles. The third kappa shape index (κ3) is 3.30. The predicted octanol–water partition coefficient (Wildman–Crippen LogP) is 2.32. The Morgan fingerprint density at radius 1 is 1.32 bits per heavy atom. The van der Waals surface area contributed by atoms with Crippen molar-refractivity contribution in [2.75, 3.05) is 25.1 Å². The van der Waals surface area contributed by atoms with E-state index in [1.807, 2.05) is 11.0 Å². The highest BCUT2D eigenvalue weighted by Gasteiger charge is 2.37. The summed E-state index contributed by atoms with van der Waals surface area (Å²) in [5.41, 5.74) is 0.372. The van der Waals surface area contributed by atoms with Crippen LogP contribution in [0.3, 0.4) is 0 Å². The molecule has 132 valence electrons. The quantitative estimate of drug-likeness (QED) is 0.849. The van der Waals surface area contributed by atoms with Gasteiger partial charge >= 0.3 is 6.18 Å². The number of methoxy groups -OCH3 is 1. The van der Waals surface area contributed by atoms with Gasteiger partial charge in [-0.15, -0.1) is 5.10 Å². The average molecular weight is 351 g/mol. The molecule has 0 bridgehead atoms. The molecule has 9 heteroatoms. The summed E-state index contributed by atoms with van der Waals surface area (Å²) in [5, 5.41) is 17.3. The fraction of sp³-hybridized carbons (Fsp3) is 0.438. The molecule has 2 aromatic rings. The molecule has 1 aliphatic rings. The number of nitriles is 1. The minimum atomic E-state index is -4.48. The molecule has 3 rings (SSSR count).